The first-order chi connectivity index (χ1) is 13.7. The first-order valence-electron chi connectivity index (χ1n) is 9.24. The van der Waals surface area contributed by atoms with Crippen molar-refractivity contribution in [1.82, 2.24) is 14.8 Å². The normalized spacial score (nSPS) is 21.1. The second-order valence-electron chi connectivity index (χ2n) is 7.69. The number of aromatic amines is 1. The maximum absolute atomic E-state index is 14.5. The quantitative estimate of drug-likeness (QED) is 0.612. The summed E-state index contributed by atoms with van der Waals surface area (Å²) in [7, 11) is 1.28. The average molecular weight is 418 g/mol. The summed E-state index contributed by atoms with van der Waals surface area (Å²) in [5.41, 5.74) is 2.01. The van der Waals surface area contributed by atoms with Crippen molar-refractivity contribution in [2.45, 2.75) is 38.3 Å². The summed E-state index contributed by atoms with van der Waals surface area (Å²) in [6, 6.07) is 4.46. The van der Waals surface area contributed by atoms with Crippen LogP contribution in [0.2, 0.25) is 5.02 Å². The first-order valence-corrected chi connectivity index (χ1v) is 9.62. The Morgan fingerprint density at radius 2 is 2.14 bits per heavy atom. The summed E-state index contributed by atoms with van der Waals surface area (Å²) >= 11 is 6.22. The number of benzene rings is 1. The van der Waals surface area contributed by atoms with Crippen molar-refractivity contribution in [3.8, 4) is 22.4 Å². The van der Waals surface area contributed by atoms with Crippen LogP contribution in [0.25, 0.3) is 22.4 Å². The number of nitrogens with zero attached hydrogens (tertiary/aromatic N) is 2. The molecule has 2 aromatic heterocycles. The fourth-order valence-electron chi connectivity index (χ4n) is 4.07. The summed E-state index contributed by atoms with van der Waals surface area (Å²) in [5, 5.41) is 14.7. The largest absolute Gasteiger partial charge is 0.465 e. The van der Waals surface area contributed by atoms with Gasteiger partial charge in [-0.1, -0.05) is 17.7 Å². The smallest absolute Gasteiger partial charge is 0.340 e. The number of methoxy groups -OCH3 is 1. The molecule has 1 aliphatic carbocycles. The first kappa shape index (κ1) is 19.7. The number of ether oxygens (including phenoxy) is 1. The Morgan fingerprint density at radius 1 is 1.41 bits per heavy atom. The fourth-order valence-corrected chi connectivity index (χ4v) is 4.33. The molecule has 152 valence electrons. The third-order valence-corrected chi connectivity index (χ3v) is 5.83. The molecule has 1 aromatic carbocycles. The Morgan fingerprint density at radius 3 is 2.76 bits per heavy atom. The van der Waals surface area contributed by atoms with Crippen LogP contribution in [0.4, 0.5) is 4.39 Å². The minimum Gasteiger partial charge on any atom is -0.465 e. The number of carbonyl (C=O) groups excluding carboxylic acids is 1. The molecule has 0 atom stereocenters. The summed E-state index contributed by atoms with van der Waals surface area (Å²) in [5.74, 6) is -1.13. The van der Waals surface area contributed by atoms with Gasteiger partial charge in [0.15, 0.2) is 0 Å². The topological polar surface area (TPSA) is 80.1 Å². The summed E-state index contributed by atoms with van der Waals surface area (Å²) in [4.78, 5) is 15.7. The van der Waals surface area contributed by atoms with E-state index >= 15 is 0 Å². The Labute approximate surface area is 172 Å². The number of halogens is 2. The van der Waals surface area contributed by atoms with Gasteiger partial charge < -0.3 is 14.8 Å². The third kappa shape index (κ3) is 3.24. The molecular weight excluding hydrogens is 397 g/mol. The van der Waals surface area contributed by atoms with E-state index in [2.05, 4.69) is 10.1 Å². The van der Waals surface area contributed by atoms with E-state index in [0.717, 1.165) is 5.69 Å². The van der Waals surface area contributed by atoms with Crippen LogP contribution in [0, 0.1) is 12.7 Å². The van der Waals surface area contributed by atoms with E-state index in [1.54, 1.807) is 25.4 Å². The van der Waals surface area contributed by atoms with Crippen molar-refractivity contribution in [1.29, 1.82) is 0 Å². The predicted molar refractivity (Wildman–Crippen MR) is 107 cm³/mol. The van der Waals surface area contributed by atoms with E-state index < -0.39 is 17.4 Å². The van der Waals surface area contributed by atoms with Gasteiger partial charge in [0.25, 0.3) is 0 Å². The monoisotopic (exact) mass is 417 g/mol. The van der Waals surface area contributed by atoms with Crippen LogP contribution in [0.15, 0.2) is 30.6 Å². The maximum Gasteiger partial charge on any atom is 0.340 e. The van der Waals surface area contributed by atoms with Crippen molar-refractivity contribution < 1.29 is 19.0 Å². The van der Waals surface area contributed by atoms with Gasteiger partial charge in [-0.2, -0.15) is 5.10 Å². The van der Waals surface area contributed by atoms with Gasteiger partial charge in [0.2, 0.25) is 0 Å². The highest BCUT2D eigenvalue weighted by molar-refractivity contribution is 6.33. The van der Waals surface area contributed by atoms with E-state index in [9.17, 15) is 14.3 Å². The SMILES string of the molecule is COC(=O)c1c(-c2c(F)cccc2Cl)c[nH]c1-c1cnn(C2CC(C)(O)C2)c1C. The number of aromatic nitrogens is 3. The van der Waals surface area contributed by atoms with Gasteiger partial charge in [0.1, 0.15) is 5.82 Å². The van der Waals surface area contributed by atoms with Crippen molar-refractivity contribution >= 4 is 17.6 Å². The Hall–Kier alpha value is -2.64. The Bertz CT molecular complexity index is 1070. The molecule has 29 heavy (non-hydrogen) atoms. The molecule has 0 aliphatic heterocycles. The highest BCUT2D eigenvalue weighted by atomic mass is 35.5. The van der Waals surface area contributed by atoms with Crippen LogP contribution in [0.5, 0.6) is 0 Å². The van der Waals surface area contributed by atoms with Crippen LogP contribution in [-0.2, 0) is 4.74 Å². The van der Waals surface area contributed by atoms with Crippen molar-refractivity contribution in [3.63, 3.8) is 0 Å². The average Bonchev–Trinajstić information content (AvgIpc) is 3.22. The molecule has 4 rings (SSSR count). The van der Waals surface area contributed by atoms with Crippen molar-refractivity contribution in [2.75, 3.05) is 7.11 Å². The minimum atomic E-state index is -0.679. The number of carbonyl (C=O) groups is 1. The van der Waals surface area contributed by atoms with Crippen LogP contribution in [-0.4, -0.2) is 38.6 Å². The zero-order valence-corrected chi connectivity index (χ0v) is 17.0. The van der Waals surface area contributed by atoms with E-state index in [1.165, 1.54) is 19.2 Å². The highest BCUT2D eigenvalue weighted by Gasteiger charge is 2.41. The number of hydrogen-bond acceptors (Lipinski definition) is 4. The van der Waals surface area contributed by atoms with Crippen LogP contribution < -0.4 is 0 Å². The molecule has 2 heterocycles. The predicted octanol–water partition coefficient (Wildman–Crippen LogP) is 4.52. The molecule has 0 saturated heterocycles. The lowest BCUT2D eigenvalue weighted by atomic mass is 9.77. The molecule has 8 heteroatoms. The minimum absolute atomic E-state index is 0.0933. The second-order valence-corrected chi connectivity index (χ2v) is 8.10. The lowest BCUT2D eigenvalue weighted by molar-refractivity contribution is -0.0548. The van der Waals surface area contributed by atoms with Gasteiger partial charge in [-0.05, 0) is 38.8 Å². The van der Waals surface area contributed by atoms with Crippen molar-refractivity contribution in [3.05, 3.63) is 52.7 Å². The van der Waals surface area contributed by atoms with Gasteiger partial charge in [0, 0.05) is 28.6 Å². The number of esters is 1. The standard InChI is InChI=1S/C21H21ClFN3O3/c1-11-13(10-25-26(11)12-7-21(2,28)8-12)19-18(20(27)29-3)14(9-24-19)17-15(22)5-4-6-16(17)23/h4-6,9-10,12,24,28H,7-8H2,1-3H3. The van der Waals surface area contributed by atoms with Gasteiger partial charge in [-0.3, -0.25) is 4.68 Å². The summed E-state index contributed by atoms with van der Waals surface area (Å²) in [6.07, 6.45) is 4.43. The number of rotatable bonds is 4. The molecule has 0 spiro atoms. The molecule has 2 N–H and O–H groups in total. The number of H-pyrrole nitrogens is 1. The van der Waals surface area contributed by atoms with E-state index in [4.69, 9.17) is 16.3 Å². The van der Waals surface area contributed by atoms with Crippen LogP contribution in [0.3, 0.4) is 0 Å². The molecule has 0 bridgehead atoms. The summed E-state index contributed by atoms with van der Waals surface area (Å²) in [6.45, 7) is 3.70. The molecule has 0 unspecified atom stereocenters. The molecule has 1 saturated carbocycles. The van der Waals surface area contributed by atoms with E-state index in [1.807, 2.05) is 11.6 Å². The molecule has 6 nitrogen and oxygen atoms in total. The second kappa shape index (κ2) is 7.00. The fraction of sp³-hybridized carbons (Fsp3) is 0.333. The van der Waals surface area contributed by atoms with Gasteiger partial charge in [-0.25, -0.2) is 9.18 Å². The lowest BCUT2D eigenvalue weighted by Gasteiger charge is -2.41. The number of aliphatic hydroxyl groups is 1. The van der Waals surface area contributed by atoms with Crippen LogP contribution in [0.1, 0.15) is 41.9 Å². The molecule has 1 fully saturated rings. The van der Waals surface area contributed by atoms with Crippen LogP contribution >= 0.6 is 11.6 Å². The van der Waals surface area contributed by atoms with Crippen molar-refractivity contribution in [2.24, 2.45) is 0 Å². The number of hydrogen-bond donors (Lipinski definition) is 2. The lowest BCUT2D eigenvalue weighted by Crippen LogP contribution is -2.42. The van der Waals surface area contributed by atoms with Gasteiger partial charge in [0.05, 0.1) is 41.2 Å². The van der Waals surface area contributed by atoms with E-state index in [0.29, 0.717) is 29.7 Å². The summed E-state index contributed by atoms with van der Waals surface area (Å²) < 4.78 is 21.3. The maximum atomic E-state index is 14.5. The molecule has 1 aliphatic rings. The van der Waals surface area contributed by atoms with E-state index in [-0.39, 0.29) is 22.2 Å². The van der Waals surface area contributed by atoms with Gasteiger partial charge >= 0.3 is 5.97 Å². The Kier molecular flexibility index (Phi) is 4.75. The number of nitrogens with one attached hydrogen (secondary N) is 1. The Balaban J connectivity index is 1.83. The zero-order valence-electron chi connectivity index (χ0n) is 16.3. The molecular formula is C21H21ClFN3O3. The molecule has 3 aromatic rings. The molecule has 0 amide bonds. The third-order valence-electron chi connectivity index (χ3n) is 5.51. The highest BCUT2D eigenvalue weighted by Crippen LogP contribution is 2.43. The zero-order chi connectivity index (χ0) is 20.9. The van der Waals surface area contributed by atoms with Gasteiger partial charge in [-0.15, -0.1) is 0 Å². The molecule has 0 radical (unpaired) electrons.